The second kappa shape index (κ2) is 8.80. The Bertz CT molecular complexity index is 757. The molecule has 0 unspecified atom stereocenters. The van der Waals surface area contributed by atoms with Crippen LogP contribution in [0.5, 0.6) is 0 Å². The van der Waals surface area contributed by atoms with Crippen LogP contribution in [0.15, 0.2) is 48.7 Å². The minimum Gasteiger partial charge on any atom is -0.388 e. The molecule has 2 heterocycles. The van der Waals surface area contributed by atoms with Crippen molar-refractivity contribution in [2.75, 3.05) is 26.2 Å². The summed E-state index contributed by atoms with van der Waals surface area (Å²) < 4.78 is 0. The number of β-amino-alcohol motifs (C(OH)–C–C–N with tert-alkyl or cyclic N) is 2. The topological polar surface area (TPSA) is 85.7 Å². The molecule has 1 aromatic carbocycles. The predicted octanol–water partition coefficient (Wildman–Crippen LogP) is 1.04. The van der Waals surface area contributed by atoms with E-state index in [2.05, 4.69) is 10.3 Å². The lowest BCUT2D eigenvalue weighted by atomic mass is 10.0. The van der Waals surface area contributed by atoms with Gasteiger partial charge >= 0.3 is 0 Å². The van der Waals surface area contributed by atoms with E-state index in [4.69, 9.17) is 11.6 Å². The van der Waals surface area contributed by atoms with Crippen LogP contribution in [0.1, 0.15) is 11.3 Å². The monoisotopic (exact) mass is 389 g/mol. The molecule has 0 aliphatic carbocycles. The van der Waals surface area contributed by atoms with E-state index in [1.54, 1.807) is 30.5 Å². The van der Waals surface area contributed by atoms with Gasteiger partial charge in [0.25, 0.3) is 0 Å². The van der Waals surface area contributed by atoms with Crippen LogP contribution in [-0.2, 0) is 17.6 Å². The van der Waals surface area contributed by atoms with Gasteiger partial charge < -0.3 is 20.4 Å². The van der Waals surface area contributed by atoms with Crippen molar-refractivity contribution in [2.24, 2.45) is 0 Å². The van der Waals surface area contributed by atoms with Crippen LogP contribution in [0.25, 0.3) is 0 Å². The number of hydrogen-bond donors (Lipinski definition) is 3. The van der Waals surface area contributed by atoms with E-state index in [-0.39, 0.29) is 32.0 Å². The van der Waals surface area contributed by atoms with Gasteiger partial charge in [-0.15, -0.1) is 0 Å². The Morgan fingerprint density at radius 3 is 2.78 bits per heavy atom. The Balaban J connectivity index is 1.48. The molecule has 1 aliphatic heterocycles. The van der Waals surface area contributed by atoms with Gasteiger partial charge in [0.05, 0.1) is 13.0 Å². The Labute approximate surface area is 163 Å². The van der Waals surface area contributed by atoms with Crippen LogP contribution in [0, 0.1) is 0 Å². The summed E-state index contributed by atoms with van der Waals surface area (Å²) >= 11 is 5.86. The number of hydrogen-bond acceptors (Lipinski definition) is 5. The SMILES string of the molecule is O=C(Cc1ccc(Cl)cc1)N1C[C@@H](O)[C@](O)(CNCCc2ccccn2)C1. The molecule has 144 valence electrons. The van der Waals surface area contributed by atoms with Crippen molar-refractivity contribution in [3.05, 3.63) is 64.9 Å². The Morgan fingerprint density at radius 2 is 2.07 bits per heavy atom. The average Bonchev–Trinajstić information content (AvgIpc) is 2.97. The highest BCUT2D eigenvalue weighted by Gasteiger charge is 2.45. The summed E-state index contributed by atoms with van der Waals surface area (Å²) in [7, 11) is 0. The highest BCUT2D eigenvalue weighted by molar-refractivity contribution is 6.30. The molecular formula is C20H24ClN3O3. The molecule has 0 saturated carbocycles. The van der Waals surface area contributed by atoms with Crippen LogP contribution < -0.4 is 5.32 Å². The van der Waals surface area contributed by atoms with Gasteiger partial charge in [0.1, 0.15) is 11.7 Å². The first-order valence-electron chi connectivity index (χ1n) is 8.99. The molecule has 6 nitrogen and oxygen atoms in total. The number of aliphatic hydroxyl groups excluding tert-OH is 1. The van der Waals surface area contributed by atoms with Gasteiger partial charge in [-0.25, -0.2) is 0 Å². The van der Waals surface area contributed by atoms with Crippen molar-refractivity contribution >= 4 is 17.5 Å². The molecule has 3 N–H and O–H groups in total. The van der Waals surface area contributed by atoms with E-state index in [0.717, 1.165) is 17.7 Å². The number of carbonyl (C=O) groups excluding carboxylic acids is 1. The number of rotatable bonds is 7. The van der Waals surface area contributed by atoms with Crippen LogP contribution >= 0.6 is 11.6 Å². The standard InChI is InChI=1S/C20H24ClN3O3/c21-16-6-4-15(5-7-16)11-19(26)24-12-18(25)20(27,14-24)13-22-10-8-17-3-1-2-9-23-17/h1-7,9,18,22,25,27H,8,10-14H2/t18-,20+/m1/s1. The third-order valence-electron chi connectivity index (χ3n) is 4.81. The van der Waals surface area contributed by atoms with E-state index in [1.165, 1.54) is 4.90 Å². The molecule has 2 atom stereocenters. The first kappa shape index (κ1) is 19.8. The first-order valence-corrected chi connectivity index (χ1v) is 9.37. The highest BCUT2D eigenvalue weighted by atomic mass is 35.5. The molecule has 0 bridgehead atoms. The van der Waals surface area contributed by atoms with Crippen molar-refractivity contribution in [1.82, 2.24) is 15.2 Å². The predicted molar refractivity (Wildman–Crippen MR) is 104 cm³/mol. The van der Waals surface area contributed by atoms with E-state index in [1.807, 2.05) is 18.2 Å². The van der Waals surface area contributed by atoms with E-state index < -0.39 is 11.7 Å². The average molecular weight is 390 g/mol. The van der Waals surface area contributed by atoms with Gasteiger partial charge in [-0.05, 0) is 29.8 Å². The molecule has 1 aliphatic rings. The molecule has 1 saturated heterocycles. The largest absolute Gasteiger partial charge is 0.388 e. The summed E-state index contributed by atoms with van der Waals surface area (Å²) in [5, 5.41) is 24.8. The molecular weight excluding hydrogens is 366 g/mol. The van der Waals surface area contributed by atoms with E-state index >= 15 is 0 Å². The van der Waals surface area contributed by atoms with E-state index in [0.29, 0.717) is 11.6 Å². The summed E-state index contributed by atoms with van der Waals surface area (Å²) in [5.41, 5.74) is 0.464. The zero-order chi connectivity index (χ0) is 19.3. The lowest BCUT2D eigenvalue weighted by Gasteiger charge is -2.26. The molecule has 27 heavy (non-hydrogen) atoms. The van der Waals surface area contributed by atoms with Gasteiger partial charge in [0.2, 0.25) is 5.91 Å². The van der Waals surface area contributed by atoms with Gasteiger partial charge in [-0.1, -0.05) is 29.8 Å². The number of nitrogens with one attached hydrogen (secondary N) is 1. The van der Waals surface area contributed by atoms with Crippen LogP contribution in [0.2, 0.25) is 5.02 Å². The van der Waals surface area contributed by atoms with Gasteiger partial charge in [-0.2, -0.15) is 0 Å². The molecule has 2 aromatic rings. The number of benzene rings is 1. The zero-order valence-corrected chi connectivity index (χ0v) is 15.8. The van der Waals surface area contributed by atoms with Crippen molar-refractivity contribution < 1.29 is 15.0 Å². The summed E-state index contributed by atoms with van der Waals surface area (Å²) in [6, 6.07) is 12.8. The summed E-state index contributed by atoms with van der Waals surface area (Å²) in [6.45, 7) is 1.08. The van der Waals surface area contributed by atoms with Crippen molar-refractivity contribution in [2.45, 2.75) is 24.5 Å². The minimum atomic E-state index is -1.35. The molecule has 1 amide bonds. The lowest BCUT2D eigenvalue weighted by Crippen LogP contribution is -2.50. The fourth-order valence-electron chi connectivity index (χ4n) is 3.20. The molecule has 1 fully saturated rings. The Morgan fingerprint density at radius 1 is 1.30 bits per heavy atom. The number of nitrogens with zero attached hydrogens (tertiary/aromatic N) is 2. The number of aliphatic hydroxyl groups is 2. The number of amides is 1. The highest BCUT2D eigenvalue weighted by Crippen LogP contribution is 2.22. The second-order valence-corrected chi connectivity index (χ2v) is 7.38. The molecule has 3 rings (SSSR count). The maximum absolute atomic E-state index is 12.5. The van der Waals surface area contributed by atoms with Gasteiger partial charge in [-0.3, -0.25) is 9.78 Å². The lowest BCUT2D eigenvalue weighted by molar-refractivity contribution is -0.130. The molecule has 0 radical (unpaired) electrons. The third-order valence-corrected chi connectivity index (χ3v) is 5.07. The van der Waals surface area contributed by atoms with Crippen molar-refractivity contribution in [1.29, 1.82) is 0 Å². The second-order valence-electron chi connectivity index (χ2n) is 6.94. The third kappa shape index (κ3) is 5.26. The summed E-state index contributed by atoms with van der Waals surface area (Å²) in [6.07, 6.45) is 1.71. The molecule has 1 aromatic heterocycles. The smallest absolute Gasteiger partial charge is 0.227 e. The van der Waals surface area contributed by atoms with Crippen molar-refractivity contribution in [3.63, 3.8) is 0 Å². The summed E-state index contributed by atoms with van der Waals surface area (Å²) in [4.78, 5) is 18.3. The van der Waals surface area contributed by atoms with E-state index in [9.17, 15) is 15.0 Å². The first-order chi connectivity index (χ1) is 13.0. The van der Waals surface area contributed by atoms with Crippen molar-refractivity contribution in [3.8, 4) is 0 Å². The maximum Gasteiger partial charge on any atom is 0.227 e. The minimum absolute atomic E-state index is 0.108. The van der Waals surface area contributed by atoms with Gasteiger partial charge in [0, 0.05) is 43.0 Å². The zero-order valence-electron chi connectivity index (χ0n) is 15.0. The maximum atomic E-state index is 12.5. The van der Waals surface area contributed by atoms with Crippen LogP contribution in [-0.4, -0.2) is 63.9 Å². The van der Waals surface area contributed by atoms with Gasteiger partial charge in [0.15, 0.2) is 0 Å². The quantitative estimate of drug-likeness (QED) is 0.616. The number of aromatic nitrogens is 1. The Hall–Kier alpha value is -1.99. The fraction of sp³-hybridized carbons (Fsp3) is 0.400. The van der Waals surface area contributed by atoms with Crippen LogP contribution in [0.3, 0.4) is 0 Å². The summed E-state index contributed by atoms with van der Waals surface area (Å²) in [5.74, 6) is -0.124. The number of likely N-dealkylation sites (tertiary alicyclic amines) is 1. The molecule has 7 heteroatoms. The normalized spacial score (nSPS) is 22.2. The van der Waals surface area contributed by atoms with Crippen LogP contribution in [0.4, 0.5) is 0 Å². The Kier molecular flexibility index (Phi) is 6.44. The number of carbonyl (C=O) groups is 1. The number of pyridine rings is 1. The molecule has 0 spiro atoms. The number of halogens is 1. The fourth-order valence-corrected chi connectivity index (χ4v) is 3.32.